The second-order valence-corrected chi connectivity index (χ2v) is 2.73. The minimum atomic E-state index is 0. The predicted molar refractivity (Wildman–Crippen MR) is 66.4 cm³/mol. The van der Waals surface area contributed by atoms with Crippen molar-refractivity contribution < 1.29 is 0 Å². The molecule has 0 atom stereocenters. The SMILES string of the molecule is Cl.Cl.c1ccc(-c2ccccc2)cc1. The summed E-state index contributed by atoms with van der Waals surface area (Å²) in [6.45, 7) is 0. The van der Waals surface area contributed by atoms with E-state index in [2.05, 4.69) is 48.5 Å². The van der Waals surface area contributed by atoms with Gasteiger partial charge in [0.05, 0.1) is 0 Å². The quantitative estimate of drug-likeness (QED) is 0.684. The molecule has 2 rings (SSSR count). The van der Waals surface area contributed by atoms with Crippen molar-refractivity contribution in [3.8, 4) is 11.1 Å². The maximum absolute atomic E-state index is 2.12. The maximum atomic E-state index is 2.12. The molecule has 0 aliphatic carbocycles. The average molecular weight is 227 g/mol. The third kappa shape index (κ3) is 3.06. The fraction of sp³-hybridized carbons (Fsp3) is 0. The van der Waals surface area contributed by atoms with E-state index in [0.29, 0.717) is 0 Å². The summed E-state index contributed by atoms with van der Waals surface area (Å²) in [6.07, 6.45) is 0. The Labute approximate surface area is 96.8 Å². The summed E-state index contributed by atoms with van der Waals surface area (Å²) in [5, 5.41) is 0. The molecule has 2 aromatic carbocycles. The molecule has 0 spiro atoms. The zero-order valence-corrected chi connectivity index (χ0v) is 9.22. The molecular weight excluding hydrogens is 215 g/mol. The molecule has 0 aliphatic rings. The summed E-state index contributed by atoms with van der Waals surface area (Å²) in [4.78, 5) is 0. The fourth-order valence-electron chi connectivity index (χ4n) is 1.26. The van der Waals surface area contributed by atoms with Gasteiger partial charge < -0.3 is 0 Å². The molecule has 14 heavy (non-hydrogen) atoms. The summed E-state index contributed by atoms with van der Waals surface area (Å²) in [5.41, 5.74) is 2.55. The van der Waals surface area contributed by atoms with E-state index in [1.807, 2.05) is 12.1 Å². The molecule has 0 saturated carbocycles. The third-order valence-electron chi connectivity index (χ3n) is 1.88. The minimum absolute atomic E-state index is 0. The molecule has 0 unspecified atom stereocenters. The van der Waals surface area contributed by atoms with E-state index in [9.17, 15) is 0 Å². The first-order valence-corrected chi connectivity index (χ1v) is 4.07. The van der Waals surface area contributed by atoms with Gasteiger partial charge >= 0.3 is 0 Å². The molecule has 2 heteroatoms. The van der Waals surface area contributed by atoms with Crippen LogP contribution in [0.25, 0.3) is 11.1 Å². The van der Waals surface area contributed by atoms with Crippen molar-refractivity contribution >= 4 is 24.8 Å². The van der Waals surface area contributed by atoms with Crippen LogP contribution in [0.3, 0.4) is 0 Å². The lowest BCUT2D eigenvalue weighted by Crippen LogP contribution is -1.73. The van der Waals surface area contributed by atoms with Crippen LogP contribution in [0.1, 0.15) is 0 Å². The van der Waals surface area contributed by atoms with Crippen LogP contribution in [-0.4, -0.2) is 0 Å². The van der Waals surface area contributed by atoms with Crippen molar-refractivity contribution in [2.24, 2.45) is 0 Å². The van der Waals surface area contributed by atoms with E-state index in [4.69, 9.17) is 0 Å². The smallest absolute Gasteiger partial charge is 0.0184 e. The summed E-state index contributed by atoms with van der Waals surface area (Å²) in [6, 6.07) is 20.8. The van der Waals surface area contributed by atoms with Gasteiger partial charge in [0, 0.05) is 0 Å². The number of halogens is 2. The zero-order valence-electron chi connectivity index (χ0n) is 7.59. The highest BCUT2D eigenvalue weighted by Gasteiger charge is 1.91. The molecule has 0 bridgehead atoms. The number of hydrogen-bond donors (Lipinski definition) is 0. The molecule has 0 nitrogen and oxygen atoms in total. The Hall–Kier alpha value is -0.980. The Kier molecular flexibility index (Phi) is 6.02. The van der Waals surface area contributed by atoms with Gasteiger partial charge in [0.15, 0.2) is 0 Å². The van der Waals surface area contributed by atoms with Crippen molar-refractivity contribution in [2.75, 3.05) is 0 Å². The molecule has 0 saturated heterocycles. The topological polar surface area (TPSA) is 0 Å². The van der Waals surface area contributed by atoms with Crippen LogP contribution in [0.15, 0.2) is 60.7 Å². The lowest BCUT2D eigenvalue weighted by molar-refractivity contribution is 1.62. The molecule has 0 N–H and O–H groups in total. The van der Waals surface area contributed by atoms with Crippen LogP contribution in [-0.2, 0) is 0 Å². The highest BCUT2D eigenvalue weighted by Crippen LogP contribution is 2.17. The van der Waals surface area contributed by atoms with E-state index in [1.54, 1.807) is 0 Å². The van der Waals surface area contributed by atoms with Gasteiger partial charge in [-0.15, -0.1) is 24.8 Å². The summed E-state index contributed by atoms with van der Waals surface area (Å²) < 4.78 is 0. The van der Waals surface area contributed by atoms with Gasteiger partial charge in [-0.2, -0.15) is 0 Å². The summed E-state index contributed by atoms with van der Waals surface area (Å²) >= 11 is 0. The highest BCUT2D eigenvalue weighted by molar-refractivity contribution is 5.85. The molecule has 74 valence electrons. The molecule has 0 aliphatic heterocycles. The molecule has 2 aromatic rings. The van der Waals surface area contributed by atoms with Gasteiger partial charge in [0.2, 0.25) is 0 Å². The predicted octanol–water partition coefficient (Wildman–Crippen LogP) is 4.20. The van der Waals surface area contributed by atoms with Crippen LogP contribution < -0.4 is 0 Å². The van der Waals surface area contributed by atoms with Gasteiger partial charge in [-0.1, -0.05) is 60.7 Å². The van der Waals surface area contributed by atoms with Gasteiger partial charge in [-0.3, -0.25) is 0 Å². The Morgan fingerprint density at radius 2 is 0.714 bits per heavy atom. The Balaban J connectivity index is 0.000000845. The van der Waals surface area contributed by atoms with Crippen molar-refractivity contribution in [3.05, 3.63) is 60.7 Å². The molecule has 0 aromatic heterocycles. The Bertz CT molecular complexity index is 306. The normalized spacial score (nSPS) is 8.29. The van der Waals surface area contributed by atoms with Crippen molar-refractivity contribution in [1.29, 1.82) is 0 Å². The first kappa shape index (κ1) is 13.0. The van der Waals surface area contributed by atoms with Crippen LogP contribution >= 0.6 is 24.8 Å². The summed E-state index contributed by atoms with van der Waals surface area (Å²) in [7, 11) is 0. The van der Waals surface area contributed by atoms with Crippen molar-refractivity contribution in [3.63, 3.8) is 0 Å². The Morgan fingerprint density at radius 3 is 1.00 bits per heavy atom. The van der Waals surface area contributed by atoms with E-state index >= 15 is 0 Å². The molecule has 0 heterocycles. The van der Waals surface area contributed by atoms with Crippen LogP contribution in [0.4, 0.5) is 0 Å². The van der Waals surface area contributed by atoms with E-state index in [0.717, 1.165) is 0 Å². The third-order valence-corrected chi connectivity index (χ3v) is 1.88. The monoisotopic (exact) mass is 226 g/mol. The van der Waals surface area contributed by atoms with E-state index < -0.39 is 0 Å². The number of rotatable bonds is 1. The van der Waals surface area contributed by atoms with E-state index in [-0.39, 0.29) is 24.8 Å². The van der Waals surface area contributed by atoms with Gasteiger partial charge in [-0.05, 0) is 11.1 Å². The first-order valence-electron chi connectivity index (χ1n) is 4.07. The van der Waals surface area contributed by atoms with Gasteiger partial charge in [0.25, 0.3) is 0 Å². The van der Waals surface area contributed by atoms with Gasteiger partial charge in [0.1, 0.15) is 0 Å². The van der Waals surface area contributed by atoms with Crippen LogP contribution in [0.2, 0.25) is 0 Å². The highest BCUT2D eigenvalue weighted by atomic mass is 35.5. The van der Waals surface area contributed by atoms with Crippen molar-refractivity contribution in [2.45, 2.75) is 0 Å². The fourth-order valence-corrected chi connectivity index (χ4v) is 1.26. The van der Waals surface area contributed by atoms with E-state index in [1.165, 1.54) is 11.1 Å². The van der Waals surface area contributed by atoms with Crippen molar-refractivity contribution in [1.82, 2.24) is 0 Å². The molecule has 0 fully saturated rings. The maximum Gasteiger partial charge on any atom is -0.0184 e. The lowest BCUT2D eigenvalue weighted by Gasteiger charge is -1.98. The largest absolute Gasteiger partial charge is 0.147 e. The minimum Gasteiger partial charge on any atom is -0.147 e. The number of benzene rings is 2. The lowest BCUT2D eigenvalue weighted by atomic mass is 10.1. The number of hydrogen-bond acceptors (Lipinski definition) is 0. The molecular formula is C12H12Cl2. The van der Waals surface area contributed by atoms with Crippen LogP contribution in [0, 0.1) is 0 Å². The second-order valence-electron chi connectivity index (χ2n) is 2.73. The average Bonchev–Trinajstić information content (AvgIpc) is 2.21. The zero-order chi connectivity index (χ0) is 8.23. The first-order chi connectivity index (χ1) is 5.97. The summed E-state index contributed by atoms with van der Waals surface area (Å²) in [5.74, 6) is 0. The standard InChI is InChI=1S/C12H10.2ClH/c1-3-7-11(8-4-1)12-9-5-2-6-10-12;;/h1-10H;2*1H. The van der Waals surface area contributed by atoms with Gasteiger partial charge in [-0.25, -0.2) is 0 Å². The molecule has 0 radical (unpaired) electrons. The Morgan fingerprint density at radius 1 is 0.429 bits per heavy atom. The molecule has 0 amide bonds. The second kappa shape index (κ2) is 6.47. The van der Waals surface area contributed by atoms with Crippen LogP contribution in [0.5, 0.6) is 0 Å².